The van der Waals surface area contributed by atoms with Crippen LogP contribution in [0.25, 0.3) is 0 Å². The Morgan fingerprint density at radius 2 is 2.05 bits per heavy atom. The minimum atomic E-state index is -0.496. The Labute approximate surface area is 123 Å². The van der Waals surface area contributed by atoms with Gasteiger partial charge >= 0.3 is 0 Å². The fraction of sp³-hybridized carbons (Fsp3) is 0.429. The lowest BCUT2D eigenvalue weighted by Gasteiger charge is -2.05. The zero-order valence-corrected chi connectivity index (χ0v) is 12.2. The molecule has 114 valence electrons. The van der Waals surface area contributed by atoms with Crippen molar-refractivity contribution in [3.63, 3.8) is 0 Å². The zero-order valence-electron chi connectivity index (χ0n) is 12.2. The van der Waals surface area contributed by atoms with E-state index in [9.17, 15) is 14.9 Å². The van der Waals surface area contributed by atoms with Crippen molar-refractivity contribution in [1.29, 1.82) is 0 Å². The number of rotatable bonds is 8. The van der Waals surface area contributed by atoms with Gasteiger partial charge in [0.25, 0.3) is 11.6 Å². The van der Waals surface area contributed by atoms with Gasteiger partial charge in [-0.3, -0.25) is 14.9 Å². The van der Waals surface area contributed by atoms with E-state index < -0.39 is 4.92 Å². The van der Waals surface area contributed by atoms with Crippen molar-refractivity contribution >= 4 is 17.3 Å². The number of benzene rings is 1. The smallest absolute Gasteiger partial charge is 0.277 e. The van der Waals surface area contributed by atoms with Gasteiger partial charge in [0.15, 0.2) is 6.61 Å². The second-order valence-electron chi connectivity index (χ2n) is 4.53. The molecule has 0 aliphatic carbocycles. The lowest BCUT2D eigenvalue weighted by molar-refractivity contribution is -0.384. The van der Waals surface area contributed by atoms with E-state index in [0.717, 1.165) is 25.0 Å². The maximum atomic E-state index is 11.5. The SMILES string of the molecule is CCCCC(C)=NNC(=O)COc1ccc([N+](=O)[O-])cc1. The van der Waals surface area contributed by atoms with Crippen molar-refractivity contribution in [3.05, 3.63) is 34.4 Å². The van der Waals surface area contributed by atoms with Crippen LogP contribution in [0.3, 0.4) is 0 Å². The Hall–Kier alpha value is -2.44. The summed E-state index contributed by atoms with van der Waals surface area (Å²) in [7, 11) is 0. The molecule has 0 bridgehead atoms. The molecule has 0 aromatic heterocycles. The van der Waals surface area contributed by atoms with Crippen LogP contribution in [0.4, 0.5) is 5.69 Å². The summed E-state index contributed by atoms with van der Waals surface area (Å²) in [6.45, 7) is 3.75. The molecule has 7 heteroatoms. The second-order valence-corrected chi connectivity index (χ2v) is 4.53. The molecule has 7 nitrogen and oxygen atoms in total. The molecule has 21 heavy (non-hydrogen) atoms. The summed E-state index contributed by atoms with van der Waals surface area (Å²) in [6, 6.07) is 5.53. The Morgan fingerprint density at radius 3 is 2.62 bits per heavy atom. The largest absolute Gasteiger partial charge is 0.484 e. The summed E-state index contributed by atoms with van der Waals surface area (Å²) in [5.74, 6) is 0.0200. The van der Waals surface area contributed by atoms with Gasteiger partial charge in [0.2, 0.25) is 0 Å². The molecule has 1 N–H and O–H groups in total. The van der Waals surface area contributed by atoms with Crippen LogP contribution in [-0.2, 0) is 4.79 Å². The predicted octanol–water partition coefficient (Wildman–Crippen LogP) is 2.66. The monoisotopic (exact) mass is 293 g/mol. The molecular weight excluding hydrogens is 274 g/mol. The van der Waals surface area contributed by atoms with Crippen LogP contribution in [0.1, 0.15) is 33.1 Å². The summed E-state index contributed by atoms with van der Waals surface area (Å²) in [6.07, 6.45) is 2.95. The Kier molecular flexibility index (Phi) is 6.86. The summed E-state index contributed by atoms with van der Waals surface area (Å²) >= 11 is 0. The van der Waals surface area contributed by atoms with E-state index in [4.69, 9.17) is 4.74 Å². The normalized spacial score (nSPS) is 11.0. The fourth-order valence-electron chi connectivity index (χ4n) is 1.49. The molecule has 0 radical (unpaired) electrons. The first-order valence-electron chi connectivity index (χ1n) is 6.72. The number of non-ortho nitro benzene ring substituents is 1. The van der Waals surface area contributed by atoms with Gasteiger partial charge in [0, 0.05) is 17.8 Å². The van der Waals surface area contributed by atoms with Crippen LogP contribution in [0.2, 0.25) is 0 Å². The minimum Gasteiger partial charge on any atom is -0.484 e. The average Bonchev–Trinajstić information content (AvgIpc) is 2.49. The van der Waals surface area contributed by atoms with E-state index in [1.54, 1.807) is 0 Å². The van der Waals surface area contributed by atoms with Crippen LogP contribution in [-0.4, -0.2) is 23.1 Å². The predicted molar refractivity (Wildman–Crippen MR) is 79.4 cm³/mol. The quantitative estimate of drug-likeness (QED) is 0.453. The number of nitrogens with zero attached hydrogens (tertiary/aromatic N) is 2. The van der Waals surface area contributed by atoms with Crippen LogP contribution >= 0.6 is 0 Å². The number of carbonyl (C=O) groups excluding carboxylic acids is 1. The van der Waals surface area contributed by atoms with Gasteiger partial charge in [0.05, 0.1) is 4.92 Å². The second kappa shape index (κ2) is 8.68. The first-order valence-corrected chi connectivity index (χ1v) is 6.72. The average molecular weight is 293 g/mol. The number of nitro benzene ring substituents is 1. The minimum absolute atomic E-state index is 0.0250. The molecule has 0 unspecified atom stereocenters. The molecule has 0 saturated carbocycles. The van der Waals surface area contributed by atoms with Gasteiger partial charge in [-0.2, -0.15) is 5.10 Å². The third-order valence-corrected chi connectivity index (χ3v) is 2.68. The maximum absolute atomic E-state index is 11.5. The molecule has 0 aliphatic rings. The summed E-state index contributed by atoms with van der Waals surface area (Å²) < 4.78 is 5.21. The van der Waals surface area contributed by atoms with Gasteiger partial charge in [0.1, 0.15) is 5.75 Å². The number of carbonyl (C=O) groups is 1. The number of ether oxygens (including phenoxy) is 1. The van der Waals surface area contributed by atoms with Crippen molar-refractivity contribution in [2.24, 2.45) is 5.10 Å². The lowest BCUT2D eigenvalue weighted by atomic mass is 10.2. The third-order valence-electron chi connectivity index (χ3n) is 2.68. The van der Waals surface area contributed by atoms with Crippen molar-refractivity contribution < 1.29 is 14.5 Å². The van der Waals surface area contributed by atoms with E-state index >= 15 is 0 Å². The molecule has 0 aliphatic heterocycles. The lowest BCUT2D eigenvalue weighted by Crippen LogP contribution is -2.25. The van der Waals surface area contributed by atoms with Crippen LogP contribution in [0.15, 0.2) is 29.4 Å². The van der Waals surface area contributed by atoms with Crippen molar-refractivity contribution in [2.75, 3.05) is 6.61 Å². The molecule has 0 fully saturated rings. The summed E-state index contributed by atoms with van der Waals surface area (Å²) in [5, 5.41) is 14.4. The highest BCUT2D eigenvalue weighted by Crippen LogP contribution is 2.16. The summed E-state index contributed by atoms with van der Waals surface area (Å²) in [4.78, 5) is 21.5. The topological polar surface area (TPSA) is 93.8 Å². The molecule has 0 saturated heterocycles. The summed E-state index contributed by atoms with van der Waals surface area (Å²) in [5.41, 5.74) is 3.24. The number of hydrogen-bond acceptors (Lipinski definition) is 5. The highest BCUT2D eigenvalue weighted by molar-refractivity contribution is 5.84. The highest BCUT2D eigenvalue weighted by atomic mass is 16.6. The van der Waals surface area contributed by atoms with Crippen LogP contribution in [0.5, 0.6) is 5.75 Å². The molecule has 1 aromatic rings. The molecule has 0 atom stereocenters. The first-order chi connectivity index (χ1) is 10.0. The van der Waals surface area contributed by atoms with E-state index in [0.29, 0.717) is 5.75 Å². The van der Waals surface area contributed by atoms with E-state index in [2.05, 4.69) is 17.5 Å². The number of hydrogen-bond donors (Lipinski definition) is 1. The van der Waals surface area contributed by atoms with Crippen LogP contribution < -0.4 is 10.2 Å². The molecule has 0 heterocycles. The van der Waals surface area contributed by atoms with Crippen molar-refractivity contribution in [2.45, 2.75) is 33.1 Å². The maximum Gasteiger partial charge on any atom is 0.277 e. The van der Waals surface area contributed by atoms with E-state index in [1.807, 2.05) is 6.92 Å². The van der Waals surface area contributed by atoms with Crippen molar-refractivity contribution in [1.82, 2.24) is 5.43 Å². The molecule has 1 aromatic carbocycles. The van der Waals surface area contributed by atoms with E-state index in [-0.39, 0.29) is 18.2 Å². The van der Waals surface area contributed by atoms with Crippen LogP contribution in [0, 0.1) is 10.1 Å². The van der Waals surface area contributed by atoms with Crippen molar-refractivity contribution in [3.8, 4) is 5.75 Å². The number of hydrazone groups is 1. The van der Waals surface area contributed by atoms with Gasteiger partial charge in [-0.05, 0) is 31.9 Å². The molecular formula is C14H19N3O4. The molecule has 0 spiro atoms. The van der Waals surface area contributed by atoms with Gasteiger partial charge < -0.3 is 4.74 Å². The molecule has 1 rings (SSSR count). The molecule has 1 amide bonds. The Balaban J connectivity index is 2.37. The fourth-order valence-corrected chi connectivity index (χ4v) is 1.49. The highest BCUT2D eigenvalue weighted by Gasteiger charge is 2.06. The van der Waals surface area contributed by atoms with Gasteiger partial charge in [-0.25, -0.2) is 5.43 Å². The number of nitrogens with one attached hydrogen (secondary N) is 1. The van der Waals surface area contributed by atoms with E-state index in [1.165, 1.54) is 24.3 Å². The van der Waals surface area contributed by atoms with Gasteiger partial charge in [-0.1, -0.05) is 13.3 Å². The number of amides is 1. The zero-order chi connectivity index (χ0) is 15.7. The Morgan fingerprint density at radius 1 is 1.38 bits per heavy atom. The van der Waals surface area contributed by atoms with Gasteiger partial charge in [-0.15, -0.1) is 0 Å². The first kappa shape index (κ1) is 16.6. The number of unbranched alkanes of at least 4 members (excludes halogenated alkanes) is 1. The number of nitro groups is 1. The standard InChI is InChI=1S/C14H19N3O4/c1-3-4-5-11(2)15-16-14(18)10-21-13-8-6-12(7-9-13)17(19)20/h6-9H,3-5,10H2,1-2H3,(H,16,18). The third kappa shape index (κ3) is 6.51. The Bertz CT molecular complexity index is 511.